The zero-order valence-electron chi connectivity index (χ0n) is 14.4. The summed E-state index contributed by atoms with van der Waals surface area (Å²) in [5.74, 6) is -0.808. The largest absolute Gasteiger partial charge is 0.326 e. The van der Waals surface area contributed by atoms with E-state index in [0.29, 0.717) is 11.4 Å². The van der Waals surface area contributed by atoms with Crippen LogP contribution in [-0.2, 0) is 14.8 Å². The average molecular weight is 440 g/mol. The van der Waals surface area contributed by atoms with E-state index in [9.17, 15) is 18.0 Å². The Morgan fingerprint density at radius 1 is 1.00 bits per heavy atom. The van der Waals surface area contributed by atoms with E-state index in [-0.39, 0.29) is 17.2 Å². The lowest BCUT2D eigenvalue weighted by atomic mass is 10.1. The SMILES string of the molecule is CC(=O)Nc1ccc(NS(C)(=O)=O)c(C(=O)Nc2ccc(Br)cc2C)c1. The molecule has 138 valence electrons. The molecule has 0 bridgehead atoms. The minimum absolute atomic E-state index is 0.0870. The van der Waals surface area contributed by atoms with E-state index >= 15 is 0 Å². The molecule has 0 unspecified atom stereocenters. The maximum Gasteiger partial charge on any atom is 0.257 e. The number of benzene rings is 2. The third-order valence-electron chi connectivity index (χ3n) is 3.32. The van der Waals surface area contributed by atoms with Crippen molar-refractivity contribution in [1.82, 2.24) is 0 Å². The maximum absolute atomic E-state index is 12.7. The second kappa shape index (κ2) is 7.88. The van der Waals surface area contributed by atoms with Gasteiger partial charge in [0.05, 0.1) is 17.5 Å². The Hall–Kier alpha value is -2.39. The summed E-state index contributed by atoms with van der Waals surface area (Å²) >= 11 is 3.35. The van der Waals surface area contributed by atoms with Crippen molar-refractivity contribution in [2.45, 2.75) is 13.8 Å². The van der Waals surface area contributed by atoms with Gasteiger partial charge in [0.2, 0.25) is 15.9 Å². The molecular weight excluding hydrogens is 422 g/mol. The van der Waals surface area contributed by atoms with Crippen molar-refractivity contribution >= 4 is 54.8 Å². The fourth-order valence-electron chi connectivity index (χ4n) is 2.26. The predicted octanol–water partition coefficient (Wildman–Crippen LogP) is 3.34. The van der Waals surface area contributed by atoms with Gasteiger partial charge in [0.15, 0.2) is 0 Å². The van der Waals surface area contributed by atoms with Gasteiger partial charge in [-0.2, -0.15) is 0 Å². The van der Waals surface area contributed by atoms with E-state index in [2.05, 4.69) is 31.3 Å². The highest BCUT2D eigenvalue weighted by molar-refractivity contribution is 9.10. The number of anilines is 3. The van der Waals surface area contributed by atoms with Crippen molar-refractivity contribution in [2.24, 2.45) is 0 Å². The first-order valence-electron chi connectivity index (χ1n) is 7.52. The summed E-state index contributed by atoms with van der Waals surface area (Å²) in [5, 5.41) is 5.32. The Morgan fingerprint density at radius 2 is 1.65 bits per heavy atom. The van der Waals surface area contributed by atoms with Gasteiger partial charge in [-0.1, -0.05) is 15.9 Å². The third kappa shape index (κ3) is 5.57. The molecule has 2 aromatic carbocycles. The first kappa shape index (κ1) is 19.9. The van der Waals surface area contributed by atoms with Crippen LogP contribution in [0.25, 0.3) is 0 Å². The Bertz CT molecular complexity index is 974. The molecule has 0 aliphatic carbocycles. The van der Waals surface area contributed by atoms with Crippen molar-refractivity contribution in [2.75, 3.05) is 21.6 Å². The molecule has 0 fully saturated rings. The van der Waals surface area contributed by atoms with Crippen LogP contribution in [-0.4, -0.2) is 26.5 Å². The Morgan fingerprint density at radius 3 is 2.23 bits per heavy atom. The molecule has 0 saturated heterocycles. The molecule has 0 saturated carbocycles. The summed E-state index contributed by atoms with van der Waals surface area (Å²) in [4.78, 5) is 24.0. The lowest BCUT2D eigenvalue weighted by molar-refractivity contribution is -0.114. The van der Waals surface area contributed by atoms with Crippen LogP contribution in [0.2, 0.25) is 0 Å². The molecule has 0 heterocycles. The lowest BCUT2D eigenvalue weighted by Crippen LogP contribution is -2.18. The number of hydrogen-bond acceptors (Lipinski definition) is 4. The van der Waals surface area contributed by atoms with Crippen LogP contribution in [0.3, 0.4) is 0 Å². The quantitative estimate of drug-likeness (QED) is 0.664. The second-order valence-corrected chi connectivity index (χ2v) is 8.39. The van der Waals surface area contributed by atoms with Crippen molar-refractivity contribution in [3.05, 3.63) is 52.0 Å². The van der Waals surface area contributed by atoms with Crippen LogP contribution in [0.15, 0.2) is 40.9 Å². The number of halogens is 1. The highest BCUT2D eigenvalue weighted by Gasteiger charge is 2.16. The summed E-state index contributed by atoms with van der Waals surface area (Å²) in [7, 11) is -3.58. The Balaban J connectivity index is 2.42. The Kier molecular flexibility index (Phi) is 6.04. The van der Waals surface area contributed by atoms with Gasteiger partial charge in [0.1, 0.15) is 0 Å². The predicted molar refractivity (Wildman–Crippen MR) is 106 cm³/mol. The third-order valence-corrected chi connectivity index (χ3v) is 4.40. The molecular formula is C17H18BrN3O4S. The van der Waals surface area contributed by atoms with Gasteiger partial charge >= 0.3 is 0 Å². The zero-order valence-corrected chi connectivity index (χ0v) is 16.8. The molecule has 0 spiro atoms. The number of sulfonamides is 1. The van der Waals surface area contributed by atoms with Gasteiger partial charge in [-0.15, -0.1) is 0 Å². The minimum Gasteiger partial charge on any atom is -0.326 e. The van der Waals surface area contributed by atoms with Gasteiger partial charge in [-0.25, -0.2) is 8.42 Å². The van der Waals surface area contributed by atoms with Gasteiger partial charge in [-0.05, 0) is 48.9 Å². The van der Waals surface area contributed by atoms with E-state index < -0.39 is 15.9 Å². The molecule has 7 nitrogen and oxygen atoms in total. The van der Waals surface area contributed by atoms with E-state index in [4.69, 9.17) is 0 Å². The van der Waals surface area contributed by atoms with Crippen LogP contribution in [0.1, 0.15) is 22.8 Å². The van der Waals surface area contributed by atoms with E-state index in [1.54, 1.807) is 12.1 Å². The number of carbonyl (C=O) groups is 2. The van der Waals surface area contributed by atoms with E-state index in [0.717, 1.165) is 16.3 Å². The zero-order chi connectivity index (χ0) is 19.5. The molecule has 2 amide bonds. The highest BCUT2D eigenvalue weighted by Crippen LogP contribution is 2.25. The maximum atomic E-state index is 12.7. The lowest BCUT2D eigenvalue weighted by Gasteiger charge is -2.14. The van der Waals surface area contributed by atoms with Crippen LogP contribution in [0.4, 0.5) is 17.1 Å². The van der Waals surface area contributed by atoms with Crippen molar-refractivity contribution in [1.29, 1.82) is 0 Å². The van der Waals surface area contributed by atoms with Gasteiger partial charge in [0, 0.05) is 22.8 Å². The Labute approximate surface area is 160 Å². The normalized spacial score (nSPS) is 10.9. The smallest absolute Gasteiger partial charge is 0.257 e. The van der Waals surface area contributed by atoms with Crippen LogP contribution in [0, 0.1) is 6.92 Å². The standard InChI is InChI=1S/C17H18BrN3O4S/c1-10-8-12(18)4-6-15(10)20-17(23)14-9-13(19-11(2)22)5-7-16(14)21-26(3,24)25/h4-9,21H,1-3H3,(H,19,22)(H,20,23). The fraction of sp³-hybridized carbons (Fsp3) is 0.176. The first-order valence-corrected chi connectivity index (χ1v) is 10.2. The average Bonchev–Trinajstić information content (AvgIpc) is 2.49. The number of nitrogens with one attached hydrogen (secondary N) is 3. The minimum atomic E-state index is -3.58. The molecule has 0 radical (unpaired) electrons. The van der Waals surface area contributed by atoms with Crippen LogP contribution >= 0.6 is 15.9 Å². The van der Waals surface area contributed by atoms with Gasteiger partial charge < -0.3 is 10.6 Å². The molecule has 0 aliphatic heterocycles. The fourth-order valence-corrected chi connectivity index (χ4v) is 3.31. The molecule has 2 aromatic rings. The molecule has 3 N–H and O–H groups in total. The first-order chi connectivity index (χ1) is 12.0. The number of hydrogen-bond donors (Lipinski definition) is 3. The number of amides is 2. The summed E-state index contributed by atoms with van der Waals surface area (Å²) < 4.78 is 26.3. The number of rotatable bonds is 5. The molecule has 0 aromatic heterocycles. The molecule has 2 rings (SSSR count). The van der Waals surface area contributed by atoms with Crippen LogP contribution in [0.5, 0.6) is 0 Å². The van der Waals surface area contributed by atoms with Crippen molar-refractivity contribution < 1.29 is 18.0 Å². The van der Waals surface area contributed by atoms with Crippen LogP contribution < -0.4 is 15.4 Å². The molecule has 9 heteroatoms. The van der Waals surface area contributed by atoms with Crippen molar-refractivity contribution in [3.63, 3.8) is 0 Å². The van der Waals surface area contributed by atoms with E-state index in [1.165, 1.54) is 25.1 Å². The monoisotopic (exact) mass is 439 g/mol. The summed E-state index contributed by atoms with van der Waals surface area (Å²) in [6, 6.07) is 9.72. The number of carbonyl (C=O) groups excluding carboxylic acids is 2. The topological polar surface area (TPSA) is 104 Å². The second-order valence-electron chi connectivity index (χ2n) is 5.73. The highest BCUT2D eigenvalue weighted by atomic mass is 79.9. The molecule has 0 atom stereocenters. The van der Waals surface area contributed by atoms with Gasteiger partial charge in [0.25, 0.3) is 5.91 Å². The van der Waals surface area contributed by atoms with Gasteiger partial charge in [-0.3, -0.25) is 14.3 Å². The summed E-state index contributed by atoms with van der Waals surface area (Å²) in [6.07, 6.45) is 0.995. The van der Waals surface area contributed by atoms with E-state index in [1.807, 2.05) is 13.0 Å². The number of aryl methyl sites for hydroxylation is 1. The summed E-state index contributed by atoms with van der Waals surface area (Å²) in [5.41, 5.74) is 2.02. The van der Waals surface area contributed by atoms with Crippen molar-refractivity contribution in [3.8, 4) is 0 Å². The summed E-state index contributed by atoms with van der Waals surface area (Å²) in [6.45, 7) is 3.18. The molecule has 0 aliphatic rings. The molecule has 26 heavy (non-hydrogen) atoms.